The molecule has 0 aliphatic rings. The van der Waals surface area contributed by atoms with Gasteiger partial charge in [-0.15, -0.1) is 0 Å². The van der Waals surface area contributed by atoms with Gasteiger partial charge in [-0.05, 0) is 109 Å². The minimum Gasteiger partial charge on any atom is -0.457 e. The molecular formula is C53H84O4. The molecule has 4 heteroatoms. The fourth-order valence-corrected chi connectivity index (χ4v) is 5.65. The summed E-state index contributed by atoms with van der Waals surface area (Å²) in [4.78, 5) is 12.2. The first-order valence-electron chi connectivity index (χ1n) is 22.8. The van der Waals surface area contributed by atoms with E-state index >= 15 is 0 Å². The molecule has 1 unspecified atom stereocenters. The molecule has 4 nitrogen and oxygen atoms in total. The van der Waals surface area contributed by atoms with E-state index in [0.29, 0.717) is 13.0 Å². The molecule has 320 valence electrons. The topological polar surface area (TPSA) is 55.8 Å². The third-order valence-electron chi connectivity index (χ3n) is 8.97. The van der Waals surface area contributed by atoms with Gasteiger partial charge in [0.2, 0.25) is 0 Å². The molecule has 57 heavy (non-hydrogen) atoms. The van der Waals surface area contributed by atoms with Crippen LogP contribution in [0, 0.1) is 0 Å². The van der Waals surface area contributed by atoms with Crippen molar-refractivity contribution in [3.8, 4) is 0 Å². The number of hydrogen-bond acceptors (Lipinski definition) is 4. The van der Waals surface area contributed by atoms with Crippen LogP contribution >= 0.6 is 0 Å². The van der Waals surface area contributed by atoms with Crippen molar-refractivity contribution in [2.75, 3.05) is 19.8 Å². The molecule has 0 saturated heterocycles. The number of rotatable bonds is 40. The largest absolute Gasteiger partial charge is 0.457 e. The number of allylic oxidation sites excluding steroid dienone is 22. The van der Waals surface area contributed by atoms with Gasteiger partial charge < -0.3 is 14.6 Å². The summed E-state index contributed by atoms with van der Waals surface area (Å²) in [7, 11) is 0. The predicted molar refractivity (Wildman–Crippen MR) is 250 cm³/mol. The van der Waals surface area contributed by atoms with Gasteiger partial charge in [0.05, 0.1) is 13.2 Å². The highest BCUT2D eigenvalue weighted by Crippen LogP contribution is 2.10. The van der Waals surface area contributed by atoms with E-state index in [0.717, 1.165) is 122 Å². The zero-order valence-corrected chi connectivity index (χ0v) is 36.5. The van der Waals surface area contributed by atoms with Crippen LogP contribution in [0.4, 0.5) is 0 Å². The summed E-state index contributed by atoms with van der Waals surface area (Å²) >= 11 is 0. The van der Waals surface area contributed by atoms with Crippen LogP contribution in [-0.2, 0) is 14.3 Å². The molecule has 0 aromatic rings. The van der Waals surface area contributed by atoms with Gasteiger partial charge in [0.15, 0.2) is 0 Å². The first-order chi connectivity index (χ1) is 28.2. The van der Waals surface area contributed by atoms with Gasteiger partial charge >= 0.3 is 5.97 Å². The average Bonchev–Trinajstić information content (AvgIpc) is 3.22. The number of aliphatic hydroxyl groups is 1. The molecule has 1 N–H and O–H groups in total. The third kappa shape index (κ3) is 46.8. The normalized spacial score (nSPS) is 13.7. The Morgan fingerprint density at radius 2 is 0.737 bits per heavy atom. The molecule has 0 aromatic heterocycles. The highest BCUT2D eigenvalue weighted by molar-refractivity contribution is 5.69. The smallest absolute Gasteiger partial charge is 0.306 e. The standard InChI is InChI=1S/C53H84O4/c1-3-5-7-9-11-13-15-17-19-21-23-25-27-28-30-32-34-36-38-40-42-44-46-48-53(55)57-52(50-54)51-56-49-47-45-43-41-39-37-35-33-31-29-26-24-22-20-18-16-14-12-10-8-6-4-2/h5-8,11-14,17-20,23-26,28,30-31,33-34,36,52,54H,3-4,9-10,15-16,21-22,27,29,32,35,37-51H2,1-2H3/b7-5-,8-6-,13-11-,14-12-,19-17-,20-18-,25-23-,26-24-,30-28-,33-31-,36-34-. The summed E-state index contributed by atoms with van der Waals surface area (Å²) in [6, 6.07) is 0. The first-order valence-corrected chi connectivity index (χ1v) is 22.8. The maximum absolute atomic E-state index is 12.2. The van der Waals surface area contributed by atoms with E-state index in [2.05, 4.69) is 148 Å². The third-order valence-corrected chi connectivity index (χ3v) is 8.97. The van der Waals surface area contributed by atoms with Crippen molar-refractivity contribution in [1.82, 2.24) is 0 Å². The second-order valence-electron chi connectivity index (χ2n) is 14.4. The van der Waals surface area contributed by atoms with Crippen LogP contribution in [0.3, 0.4) is 0 Å². The molecule has 0 saturated carbocycles. The van der Waals surface area contributed by atoms with Crippen molar-refractivity contribution in [2.24, 2.45) is 0 Å². The summed E-state index contributed by atoms with van der Waals surface area (Å²) < 4.78 is 11.2. The van der Waals surface area contributed by atoms with Crippen LogP contribution in [0.2, 0.25) is 0 Å². The van der Waals surface area contributed by atoms with Gasteiger partial charge in [0.1, 0.15) is 6.10 Å². The highest BCUT2D eigenvalue weighted by Gasteiger charge is 2.13. The summed E-state index contributed by atoms with van der Waals surface area (Å²) in [5.41, 5.74) is 0. The molecule has 0 radical (unpaired) electrons. The number of unbranched alkanes of at least 4 members (excludes halogenated alkanes) is 10. The van der Waals surface area contributed by atoms with Crippen molar-refractivity contribution in [3.63, 3.8) is 0 Å². The lowest BCUT2D eigenvalue weighted by Gasteiger charge is -2.15. The van der Waals surface area contributed by atoms with Gasteiger partial charge in [-0.3, -0.25) is 4.79 Å². The second kappa shape index (κ2) is 48.7. The zero-order chi connectivity index (χ0) is 41.2. The van der Waals surface area contributed by atoms with Gasteiger partial charge in [0, 0.05) is 13.0 Å². The van der Waals surface area contributed by atoms with Crippen molar-refractivity contribution < 1.29 is 19.4 Å². The molecular weight excluding hydrogens is 701 g/mol. The minimum absolute atomic E-state index is 0.199. The van der Waals surface area contributed by atoms with Gasteiger partial charge in [0.25, 0.3) is 0 Å². The second-order valence-corrected chi connectivity index (χ2v) is 14.4. The quantitative estimate of drug-likeness (QED) is 0.0382. The monoisotopic (exact) mass is 785 g/mol. The van der Waals surface area contributed by atoms with E-state index in [1.807, 2.05) is 0 Å². The molecule has 0 aromatic carbocycles. The van der Waals surface area contributed by atoms with Crippen molar-refractivity contribution in [2.45, 2.75) is 174 Å². The minimum atomic E-state index is -0.568. The lowest BCUT2D eigenvalue weighted by molar-refractivity contribution is -0.154. The van der Waals surface area contributed by atoms with Gasteiger partial charge in [-0.25, -0.2) is 0 Å². The Labute approximate surface area is 351 Å². The average molecular weight is 785 g/mol. The van der Waals surface area contributed by atoms with Crippen LogP contribution in [0.25, 0.3) is 0 Å². The molecule has 0 spiro atoms. The zero-order valence-electron chi connectivity index (χ0n) is 36.5. The molecule has 0 heterocycles. The summed E-state index contributed by atoms with van der Waals surface area (Å²) in [5.74, 6) is -0.237. The molecule has 0 fully saturated rings. The fourth-order valence-electron chi connectivity index (χ4n) is 5.65. The molecule has 1 atom stereocenters. The van der Waals surface area contributed by atoms with Crippen LogP contribution < -0.4 is 0 Å². The molecule has 0 aliphatic heterocycles. The summed E-state index contributed by atoms with van der Waals surface area (Å²) in [6.45, 7) is 5.03. The Morgan fingerprint density at radius 1 is 0.421 bits per heavy atom. The van der Waals surface area contributed by atoms with E-state index in [1.54, 1.807) is 0 Å². The van der Waals surface area contributed by atoms with Gasteiger partial charge in [-0.2, -0.15) is 0 Å². The lowest BCUT2D eigenvalue weighted by atomic mass is 10.1. The van der Waals surface area contributed by atoms with Crippen molar-refractivity contribution in [3.05, 3.63) is 134 Å². The maximum Gasteiger partial charge on any atom is 0.306 e. The number of carbonyl (C=O) groups is 1. The Kier molecular flexibility index (Phi) is 45.7. The van der Waals surface area contributed by atoms with E-state index in [-0.39, 0.29) is 19.2 Å². The van der Waals surface area contributed by atoms with E-state index < -0.39 is 6.10 Å². The van der Waals surface area contributed by atoms with Crippen LogP contribution in [-0.4, -0.2) is 37.0 Å². The van der Waals surface area contributed by atoms with Crippen molar-refractivity contribution in [1.29, 1.82) is 0 Å². The van der Waals surface area contributed by atoms with Crippen LogP contribution in [0.15, 0.2) is 134 Å². The molecule has 0 rings (SSSR count). The van der Waals surface area contributed by atoms with Crippen LogP contribution in [0.5, 0.6) is 0 Å². The highest BCUT2D eigenvalue weighted by atomic mass is 16.6. The fraction of sp³-hybridized carbons (Fsp3) is 0.566. The van der Waals surface area contributed by atoms with Crippen LogP contribution in [0.1, 0.15) is 168 Å². The SMILES string of the molecule is CC/C=C\C/C=C\C/C=C\C/C=C\C/C=C\C/C=C\CCCCCCC(=O)OC(CO)COCCCCCCCC/C=C\C/C=C\C/C=C\C/C=C\C/C=C\CC. The van der Waals surface area contributed by atoms with E-state index in [1.165, 1.54) is 25.7 Å². The summed E-state index contributed by atoms with van der Waals surface area (Å²) in [5, 5.41) is 9.62. The number of ether oxygens (including phenoxy) is 2. The molecule has 0 bridgehead atoms. The Morgan fingerprint density at radius 3 is 1.11 bits per heavy atom. The Bertz CT molecular complexity index is 1190. The van der Waals surface area contributed by atoms with Crippen molar-refractivity contribution >= 4 is 5.97 Å². The number of carbonyl (C=O) groups excluding carboxylic acids is 1. The number of hydrogen-bond donors (Lipinski definition) is 1. The molecule has 0 aliphatic carbocycles. The maximum atomic E-state index is 12.2. The number of aliphatic hydroxyl groups excluding tert-OH is 1. The van der Waals surface area contributed by atoms with E-state index in [9.17, 15) is 9.90 Å². The summed E-state index contributed by atoms with van der Waals surface area (Å²) in [6.07, 6.45) is 73.7. The van der Waals surface area contributed by atoms with E-state index in [4.69, 9.17) is 9.47 Å². The lowest BCUT2D eigenvalue weighted by Crippen LogP contribution is -2.27. The molecule has 0 amide bonds. The van der Waals surface area contributed by atoms with Gasteiger partial charge in [-0.1, -0.05) is 186 Å². The first kappa shape index (κ1) is 53.5. The predicted octanol–water partition coefficient (Wildman–Crippen LogP) is 15.4. The Hall–Kier alpha value is -3.47. The Balaban J connectivity index is 3.60. The number of esters is 1.